The first kappa shape index (κ1) is 15.5. The van der Waals surface area contributed by atoms with Gasteiger partial charge >= 0.3 is 6.09 Å². The molecule has 0 saturated carbocycles. The van der Waals surface area contributed by atoms with Crippen molar-refractivity contribution in [1.29, 1.82) is 0 Å². The highest BCUT2D eigenvalue weighted by Gasteiger charge is 2.24. The summed E-state index contributed by atoms with van der Waals surface area (Å²) in [6, 6.07) is 0. The van der Waals surface area contributed by atoms with E-state index in [-0.39, 0.29) is 6.09 Å². The minimum Gasteiger partial charge on any atom is -0.444 e. The third-order valence-corrected chi connectivity index (χ3v) is 3.26. The molecule has 1 aliphatic heterocycles. The summed E-state index contributed by atoms with van der Waals surface area (Å²) in [4.78, 5) is 24.7. The van der Waals surface area contributed by atoms with Gasteiger partial charge in [0.2, 0.25) is 5.95 Å². The maximum atomic E-state index is 12.2. The van der Waals surface area contributed by atoms with Crippen molar-refractivity contribution in [3.8, 4) is 0 Å². The lowest BCUT2D eigenvalue weighted by atomic mass is 10.1. The van der Waals surface area contributed by atoms with Gasteiger partial charge < -0.3 is 14.5 Å². The Hall–Kier alpha value is -1.85. The number of anilines is 1. The molecule has 1 aliphatic rings. The van der Waals surface area contributed by atoms with Crippen molar-refractivity contribution >= 4 is 12.0 Å². The van der Waals surface area contributed by atoms with Crippen molar-refractivity contribution in [2.75, 3.05) is 32.1 Å². The Labute approximate surface area is 126 Å². The third kappa shape index (κ3) is 4.06. The van der Waals surface area contributed by atoms with Crippen molar-refractivity contribution in [3.05, 3.63) is 17.5 Å². The zero-order valence-corrected chi connectivity index (χ0v) is 13.5. The molecular formula is C15H24N4O2. The van der Waals surface area contributed by atoms with Crippen LogP contribution in [0.15, 0.2) is 6.20 Å². The molecular weight excluding hydrogens is 268 g/mol. The number of rotatable bonds is 1. The van der Waals surface area contributed by atoms with Gasteiger partial charge in [-0.1, -0.05) is 0 Å². The molecule has 0 saturated heterocycles. The summed E-state index contributed by atoms with van der Waals surface area (Å²) in [5.41, 5.74) is 1.68. The van der Waals surface area contributed by atoms with Crippen LogP contribution in [0.1, 0.15) is 32.0 Å². The van der Waals surface area contributed by atoms with E-state index in [2.05, 4.69) is 9.97 Å². The van der Waals surface area contributed by atoms with Crippen LogP contribution in [0.25, 0.3) is 0 Å². The van der Waals surface area contributed by atoms with E-state index in [9.17, 15) is 4.79 Å². The number of carbonyl (C=O) groups excluding carboxylic acids is 1. The minimum atomic E-state index is -0.464. The fraction of sp³-hybridized carbons (Fsp3) is 0.667. The van der Waals surface area contributed by atoms with E-state index in [0.717, 1.165) is 24.1 Å². The first-order valence-electron chi connectivity index (χ1n) is 7.26. The van der Waals surface area contributed by atoms with Gasteiger partial charge in [0.15, 0.2) is 0 Å². The molecule has 0 bridgehead atoms. The Morgan fingerprint density at radius 3 is 2.57 bits per heavy atom. The Kier molecular flexibility index (Phi) is 4.34. The highest BCUT2D eigenvalue weighted by atomic mass is 16.6. The molecule has 116 valence electrons. The summed E-state index contributed by atoms with van der Waals surface area (Å²) in [5, 5.41) is 0. The smallest absolute Gasteiger partial charge is 0.410 e. The van der Waals surface area contributed by atoms with Crippen LogP contribution < -0.4 is 4.90 Å². The van der Waals surface area contributed by atoms with Crippen molar-refractivity contribution in [2.45, 2.75) is 39.2 Å². The highest BCUT2D eigenvalue weighted by molar-refractivity contribution is 5.68. The number of hydrogen-bond acceptors (Lipinski definition) is 5. The first-order chi connectivity index (χ1) is 9.76. The van der Waals surface area contributed by atoms with E-state index < -0.39 is 5.60 Å². The predicted molar refractivity (Wildman–Crippen MR) is 81.6 cm³/mol. The lowest BCUT2D eigenvalue weighted by Gasteiger charge is -2.26. The topological polar surface area (TPSA) is 58.6 Å². The minimum absolute atomic E-state index is 0.254. The van der Waals surface area contributed by atoms with Crippen LogP contribution in [0.2, 0.25) is 0 Å². The zero-order valence-electron chi connectivity index (χ0n) is 13.5. The Balaban J connectivity index is 2.08. The standard InChI is InChI=1S/C15H24N4O2/c1-15(2,3)21-14(20)19-8-6-11-10-16-13(18(4)5)17-12(11)7-9-19/h10H,6-9H2,1-5H3. The largest absolute Gasteiger partial charge is 0.444 e. The fourth-order valence-corrected chi connectivity index (χ4v) is 2.19. The molecule has 2 heterocycles. The molecule has 0 unspecified atom stereocenters. The molecule has 6 nitrogen and oxygen atoms in total. The molecule has 0 spiro atoms. The zero-order chi connectivity index (χ0) is 15.6. The number of amides is 1. The van der Waals surface area contributed by atoms with Crippen LogP contribution in [0.4, 0.5) is 10.7 Å². The second-order valence-electron chi connectivity index (χ2n) is 6.50. The quantitative estimate of drug-likeness (QED) is 0.791. The number of aromatic nitrogens is 2. The third-order valence-electron chi connectivity index (χ3n) is 3.26. The van der Waals surface area contributed by atoms with Crippen molar-refractivity contribution in [3.63, 3.8) is 0 Å². The number of nitrogens with zero attached hydrogens (tertiary/aromatic N) is 4. The van der Waals surface area contributed by atoms with Gasteiger partial charge in [-0.2, -0.15) is 0 Å². The van der Waals surface area contributed by atoms with Crippen LogP contribution in [-0.4, -0.2) is 53.7 Å². The molecule has 1 aromatic heterocycles. The van der Waals surface area contributed by atoms with Gasteiger partial charge in [-0.3, -0.25) is 0 Å². The number of hydrogen-bond donors (Lipinski definition) is 0. The van der Waals surface area contributed by atoms with Crippen LogP contribution in [-0.2, 0) is 17.6 Å². The summed E-state index contributed by atoms with van der Waals surface area (Å²) >= 11 is 0. The molecule has 2 rings (SSSR count). The highest BCUT2D eigenvalue weighted by Crippen LogP contribution is 2.18. The molecule has 0 radical (unpaired) electrons. The maximum Gasteiger partial charge on any atom is 0.410 e. The van der Waals surface area contributed by atoms with Crippen LogP contribution in [0.3, 0.4) is 0 Å². The van der Waals surface area contributed by atoms with Gasteiger partial charge in [0, 0.05) is 39.8 Å². The van der Waals surface area contributed by atoms with Crippen molar-refractivity contribution in [2.24, 2.45) is 0 Å². The van der Waals surface area contributed by atoms with Gasteiger partial charge in [-0.15, -0.1) is 0 Å². The second kappa shape index (κ2) is 5.87. The molecule has 1 amide bonds. The van der Waals surface area contributed by atoms with E-state index in [1.54, 1.807) is 4.90 Å². The van der Waals surface area contributed by atoms with Crippen LogP contribution in [0, 0.1) is 0 Å². The van der Waals surface area contributed by atoms with Gasteiger partial charge in [-0.25, -0.2) is 14.8 Å². The lowest BCUT2D eigenvalue weighted by molar-refractivity contribution is 0.0258. The number of carbonyl (C=O) groups is 1. The van der Waals surface area contributed by atoms with Gasteiger partial charge in [-0.05, 0) is 32.8 Å². The molecule has 1 aromatic rings. The van der Waals surface area contributed by atoms with Crippen LogP contribution in [0.5, 0.6) is 0 Å². The molecule has 0 aliphatic carbocycles. The summed E-state index contributed by atoms with van der Waals surface area (Å²) in [6.07, 6.45) is 3.12. The second-order valence-corrected chi connectivity index (χ2v) is 6.50. The van der Waals surface area contributed by atoms with E-state index in [1.807, 2.05) is 46.0 Å². The van der Waals surface area contributed by atoms with Gasteiger partial charge in [0.25, 0.3) is 0 Å². The molecule has 0 atom stereocenters. The Bertz CT molecular complexity index is 523. The molecule has 0 fully saturated rings. The Morgan fingerprint density at radius 2 is 1.95 bits per heavy atom. The van der Waals surface area contributed by atoms with Crippen molar-refractivity contribution in [1.82, 2.24) is 14.9 Å². The van der Waals surface area contributed by atoms with Gasteiger partial charge in [0.1, 0.15) is 5.60 Å². The molecule has 0 aromatic carbocycles. The van der Waals surface area contributed by atoms with E-state index in [0.29, 0.717) is 19.0 Å². The van der Waals surface area contributed by atoms with E-state index >= 15 is 0 Å². The fourth-order valence-electron chi connectivity index (χ4n) is 2.19. The Morgan fingerprint density at radius 1 is 1.29 bits per heavy atom. The molecule has 21 heavy (non-hydrogen) atoms. The summed E-state index contributed by atoms with van der Waals surface area (Å²) in [6.45, 7) is 6.92. The first-order valence-corrected chi connectivity index (χ1v) is 7.26. The average molecular weight is 292 g/mol. The summed E-state index contributed by atoms with van der Waals surface area (Å²) in [7, 11) is 3.84. The maximum absolute atomic E-state index is 12.2. The lowest BCUT2D eigenvalue weighted by Crippen LogP contribution is -2.38. The number of fused-ring (bicyclic) bond motifs is 1. The van der Waals surface area contributed by atoms with E-state index in [1.165, 1.54) is 0 Å². The molecule has 0 N–H and O–H groups in total. The van der Waals surface area contributed by atoms with E-state index in [4.69, 9.17) is 4.74 Å². The van der Waals surface area contributed by atoms with Crippen LogP contribution >= 0.6 is 0 Å². The predicted octanol–water partition coefficient (Wildman–Crippen LogP) is 1.88. The SMILES string of the molecule is CN(C)c1ncc2c(n1)CCN(C(=O)OC(C)(C)C)CC2. The van der Waals surface area contributed by atoms with Gasteiger partial charge in [0.05, 0.1) is 5.69 Å². The molecule has 6 heteroatoms. The monoisotopic (exact) mass is 292 g/mol. The van der Waals surface area contributed by atoms with Crippen molar-refractivity contribution < 1.29 is 9.53 Å². The summed E-state index contributed by atoms with van der Waals surface area (Å²) < 4.78 is 5.44. The average Bonchev–Trinajstić information content (AvgIpc) is 2.58. The summed E-state index contributed by atoms with van der Waals surface area (Å²) in [5.74, 6) is 0.708. The number of ether oxygens (including phenoxy) is 1. The normalized spacial score (nSPS) is 15.2.